The Hall–Kier alpha value is -1.61. The van der Waals surface area contributed by atoms with Gasteiger partial charge in [0, 0.05) is 12.6 Å². The lowest BCUT2D eigenvalue weighted by atomic mass is 10.1. The van der Waals surface area contributed by atoms with E-state index in [1.165, 1.54) is 7.11 Å². The van der Waals surface area contributed by atoms with Gasteiger partial charge in [-0.3, -0.25) is 0 Å². The Kier molecular flexibility index (Phi) is 5.43. The molecule has 0 aromatic heterocycles. The molecule has 1 unspecified atom stereocenters. The molecule has 0 fully saturated rings. The molecule has 92 valence electrons. The average Bonchev–Trinajstić information content (AvgIpc) is 2.36. The van der Waals surface area contributed by atoms with Crippen molar-refractivity contribution in [2.75, 3.05) is 7.11 Å². The molecule has 1 N–H and O–H groups in total. The summed E-state index contributed by atoms with van der Waals surface area (Å²) < 4.78 is 4.64. The van der Waals surface area contributed by atoms with Crippen LogP contribution in [0.25, 0.3) is 0 Å². The molecular formula is C14H19NO2. The first-order chi connectivity index (χ1) is 8.17. The second kappa shape index (κ2) is 6.86. The van der Waals surface area contributed by atoms with Crippen LogP contribution in [0.15, 0.2) is 36.9 Å². The van der Waals surface area contributed by atoms with Gasteiger partial charge in [0.2, 0.25) is 0 Å². The second-order valence-electron chi connectivity index (χ2n) is 3.99. The molecule has 0 spiro atoms. The molecule has 1 aromatic carbocycles. The number of benzene rings is 1. The fourth-order valence-corrected chi connectivity index (χ4v) is 1.50. The van der Waals surface area contributed by atoms with E-state index < -0.39 is 0 Å². The van der Waals surface area contributed by atoms with Gasteiger partial charge >= 0.3 is 5.97 Å². The summed E-state index contributed by atoms with van der Waals surface area (Å²) in [6.45, 7) is 6.61. The topological polar surface area (TPSA) is 38.3 Å². The molecule has 17 heavy (non-hydrogen) atoms. The molecule has 0 heterocycles. The summed E-state index contributed by atoms with van der Waals surface area (Å²) in [6, 6.07) is 7.83. The Labute approximate surface area is 102 Å². The summed E-state index contributed by atoms with van der Waals surface area (Å²) in [5.41, 5.74) is 1.73. The second-order valence-corrected chi connectivity index (χ2v) is 3.99. The Morgan fingerprint density at radius 2 is 2.12 bits per heavy atom. The number of rotatable bonds is 6. The summed E-state index contributed by atoms with van der Waals surface area (Å²) in [4.78, 5) is 11.2. The third kappa shape index (κ3) is 4.41. The average molecular weight is 233 g/mol. The van der Waals surface area contributed by atoms with E-state index in [1.54, 1.807) is 12.1 Å². The van der Waals surface area contributed by atoms with Gasteiger partial charge in [0.1, 0.15) is 0 Å². The smallest absolute Gasteiger partial charge is 0.337 e. The third-order valence-electron chi connectivity index (χ3n) is 2.55. The first-order valence-corrected chi connectivity index (χ1v) is 5.69. The molecule has 3 nitrogen and oxygen atoms in total. The van der Waals surface area contributed by atoms with Gasteiger partial charge in [-0.2, -0.15) is 0 Å². The van der Waals surface area contributed by atoms with Crippen molar-refractivity contribution in [3.63, 3.8) is 0 Å². The van der Waals surface area contributed by atoms with Crippen molar-refractivity contribution < 1.29 is 9.53 Å². The van der Waals surface area contributed by atoms with Crippen molar-refractivity contribution in [3.8, 4) is 0 Å². The van der Waals surface area contributed by atoms with Gasteiger partial charge in [-0.25, -0.2) is 4.79 Å². The van der Waals surface area contributed by atoms with E-state index in [2.05, 4.69) is 23.6 Å². The predicted octanol–water partition coefficient (Wildman–Crippen LogP) is 2.53. The fourth-order valence-electron chi connectivity index (χ4n) is 1.50. The highest BCUT2D eigenvalue weighted by Gasteiger charge is 2.04. The molecule has 0 amide bonds. The molecule has 1 atom stereocenters. The zero-order valence-electron chi connectivity index (χ0n) is 10.4. The predicted molar refractivity (Wildman–Crippen MR) is 68.9 cm³/mol. The van der Waals surface area contributed by atoms with Crippen LogP contribution in [0.4, 0.5) is 0 Å². The Morgan fingerprint density at radius 1 is 1.47 bits per heavy atom. The zero-order valence-corrected chi connectivity index (χ0v) is 10.4. The van der Waals surface area contributed by atoms with Crippen LogP contribution in [-0.2, 0) is 11.3 Å². The summed E-state index contributed by atoms with van der Waals surface area (Å²) >= 11 is 0. The van der Waals surface area contributed by atoms with Gasteiger partial charge in [0.15, 0.2) is 0 Å². The van der Waals surface area contributed by atoms with Crippen molar-refractivity contribution in [1.82, 2.24) is 5.32 Å². The Morgan fingerprint density at radius 3 is 2.65 bits per heavy atom. The molecule has 0 saturated carbocycles. The van der Waals surface area contributed by atoms with Crippen molar-refractivity contribution in [2.24, 2.45) is 0 Å². The number of carbonyl (C=O) groups excluding carboxylic acids is 1. The van der Waals surface area contributed by atoms with Crippen LogP contribution >= 0.6 is 0 Å². The lowest BCUT2D eigenvalue weighted by Crippen LogP contribution is -2.24. The number of esters is 1. The van der Waals surface area contributed by atoms with Gasteiger partial charge < -0.3 is 10.1 Å². The first kappa shape index (κ1) is 13.5. The minimum atomic E-state index is -0.301. The van der Waals surface area contributed by atoms with Crippen molar-refractivity contribution in [3.05, 3.63) is 48.0 Å². The van der Waals surface area contributed by atoms with Crippen LogP contribution in [0.5, 0.6) is 0 Å². The van der Waals surface area contributed by atoms with E-state index in [4.69, 9.17) is 0 Å². The number of hydrogen-bond donors (Lipinski definition) is 1. The highest BCUT2D eigenvalue weighted by Crippen LogP contribution is 2.06. The minimum absolute atomic E-state index is 0.301. The number of methoxy groups -OCH3 is 1. The van der Waals surface area contributed by atoms with Crippen LogP contribution in [-0.4, -0.2) is 19.1 Å². The van der Waals surface area contributed by atoms with Gasteiger partial charge in [0.05, 0.1) is 12.7 Å². The summed E-state index contributed by atoms with van der Waals surface area (Å²) in [5, 5.41) is 3.38. The normalized spacial score (nSPS) is 11.9. The lowest BCUT2D eigenvalue weighted by molar-refractivity contribution is 0.0600. The summed E-state index contributed by atoms with van der Waals surface area (Å²) in [6.07, 6.45) is 2.85. The molecule has 0 aliphatic heterocycles. The van der Waals surface area contributed by atoms with Crippen LogP contribution in [0.3, 0.4) is 0 Å². The molecule has 1 aromatic rings. The van der Waals surface area contributed by atoms with E-state index in [0.29, 0.717) is 11.6 Å². The maximum absolute atomic E-state index is 11.2. The minimum Gasteiger partial charge on any atom is -0.465 e. The molecule has 1 rings (SSSR count). The quantitative estimate of drug-likeness (QED) is 0.606. The molecule has 0 aliphatic rings. The highest BCUT2D eigenvalue weighted by molar-refractivity contribution is 5.89. The van der Waals surface area contributed by atoms with Crippen LogP contribution in [0.2, 0.25) is 0 Å². The van der Waals surface area contributed by atoms with Gasteiger partial charge in [-0.15, -0.1) is 6.58 Å². The first-order valence-electron chi connectivity index (χ1n) is 5.69. The van der Waals surface area contributed by atoms with Crippen molar-refractivity contribution in [2.45, 2.75) is 25.9 Å². The van der Waals surface area contributed by atoms with E-state index in [-0.39, 0.29) is 5.97 Å². The number of ether oxygens (including phenoxy) is 1. The summed E-state index contributed by atoms with van der Waals surface area (Å²) in [5.74, 6) is -0.301. The van der Waals surface area contributed by atoms with E-state index in [1.807, 2.05) is 18.2 Å². The fraction of sp³-hybridized carbons (Fsp3) is 0.357. The largest absolute Gasteiger partial charge is 0.465 e. The molecule has 0 aliphatic carbocycles. The van der Waals surface area contributed by atoms with Gasteiger partial charge in [0.25, 0.3) is 0 Å². The molecule has 0 saturated heterocycles. The van der Waals surface area contributed by atoms with Gasteiger partial charge in [-0.1, -0.05) is 18.2 Å². The Bertz CT molecular complexity index is 370. The van der Waals surface area contributed by atoms with E-state index in [9.17, 15) is 4.79 Å². The number of hydrogen-bond acceptors (Lipinski definition) is 3. The maximum Gasteiger partial charge on any atom is 0.337 e. The third-order valence-corrected chi connectivity index (χ3v) is 2.55. The van der Waals surface area contributed by atoms with E-state index >= 15 is 0 Å². The number of nitrogens with one attached hydrogen (secondary N) is 1. The lowest BCUT2D eigenvalue weighted by Gasteiger charge is -2.11. The molecular weight excluding hydrogens is 214 g/mol. The van der Waals surface area contributed by atoms with Gasteiger partial charge in [-0.05, 0) is 31.0 Å². The van der Waals surface area contributed by atoms with Crippen molar-refractivity contribution in [1.29, 1.82) is 0 Å². The van der Waals surface area contributed by atoms with E-state index in [0.717, 1.165) is 18.5 Å². The zero-order chi connectivity index (χ0) is 12.7. The van der Waals surface area contributed by atoms with Crippen LogP contribution in [0, 0.1) is 0 Å². The SMILES string of the molecule is C=CCC(C)NCc1ccc(C(=O)OC)cc1. The standard InChI is InChI=1S/C14H19NO2/c1-4-5-11(2)15-10-12-6-8-13(9-7-12)14(16)17-3/h4,6-9,11,15H,1,5,10H2,2-3H3. The molecule has 0 bridgehead atoms. The summed E-state index contributed by atoms with van der Waals surface area (Å²) in [7, 11) is 1.38. The molecule has 3 heteroatoms. The van der Waals surface area contributed by atoms with Crippen LogP contribution < -0.4 is 5.32 Å². The maximum atomic E-state index is 11.2. The van der Waals surface area contributed by atoms with Crippen LogP contribution in [0.1, 0.15) is 29.3 Å². The highest BCUT2D eigenvalue weighted by atomic mass is 16.5. The number of carbonyl (C=O) groups is 1. The molecule has 0 radical (unpaired) electrons. The van der Waals surface area contributed by atoms with Crippen molar-refractivity contribution >= 4 is 5.97 Å². The Balaban J connectivity index is 2.51. The monoisotopic (exact) mass is 233 g/mol.